The van der Waals surface area contributed by atoms with Crippen molar-refractivity contribution in [2.24, 2.45) is 0 Å². The fraction of sp³-hybridized carbons (Fsp3) is 0.565. The van der Waals surface area contributed by atoms with Crippen LogP contribution in [0.4, 0.5) is 19.0 Å². The summed E-state index contributed by atoms with van der Waals surface area (Å²) in [5.74, 6) is -0.0301. The largest absolute Gasteiger partial charge is 0.467 e. The van der Waals surface area contributed by atoms with Crippen LogP contribution in [-0.4, -0.2) is 49.1 Å². The van der Waals surface area contributed by atoms with Crippen molar-refractivity contribution in [1.29, 1.82) is 0 Å². The second-order valence-corrected chi connectivity index (χ2v) is 11.2. The van der Waals surface area contributed by atoms with Gasteiger partial charge in [-0.05, 0) is 38.3 Å². The van der Waals surface area contributed by atoms with Crippen molar-refractivity contribution < 1.29 is 31.1 Å². The zero-order chi connectivity index (χ0) is 24.7. The van der Waals surface area contributed by atoms with E-state index in [1.807, 2.05) is 11.6 Å². The molecule has 0 radical (unpaired) electrons. The van der Waals surface area contributed by atoms with Gasteiger partial charge in [0, 0.05) is 12.6 Å². The Morgan fingerprint density at radius 1 is 1.15 bits per heavy atom. The van der Waals surface area contributed by atoms with E-state index in [1.165, 1.54) is 13.2 Å². The van der Waals surface area contributed by atoms with Crippen molar-refractivity contribution in [3.8, 4) is 0 Å². The number of rotatable bonds is 5. The Bertz CT molecular complexity index is 1160. The van der Waals surface area contributed by atoms with E-state index in [1.54, 1.807) is 11.0 Å². The van der Waals surface area contributed by atoms with Gasteiger partial charge in [0.05, 0.1) is 34.6 Å². The summed E-state index contributed by atoms with van der Waals surface area (Å²) in [7, 11) is -3.18. The highest BCUT2D eigenvalue weighted by atomic mass is 32.2. The van der Waals surface area contributed by atoms with Crippen LogP contribution < -0.4 is 4.90 Å². The Morgan fingerprint density at radius 2 is 1.82 bits per heavy atom. The molecule has 2 atom stereocenters. The third-order valence-corrected chi connectivity index (χ3v) is 8.92. The van der Waals surface area contributed by atoms with Gasteiger partial charge in [-0.2, -0.15) is 18.3 Å². The Kier molecular flexibility index (Phi) is 6.67. The number of hydrogen-bond donors (Lipinski definition) is 0. The van der Waals surface area contributed by atoms with Gasteiger partial charge < -0.3 is 9.64 Å². The lowest BCUT2D eigenvalue weighted by Gasteiger charge is -2.30. The van der Waals surface area contributed by atoms with Crippen LogP contribution in [0.1, 0.15) is 55.8 Å². The highest BCUT2D eigenvalue weighted by Crippen LogP contribution is 2.40. The summed E-state index contributed by atoms with van der Waals surface area (Å²) in [5, 5.41) is 3.40. The first kappa shape index (κ1) is 24.6. The van der Waals surface area contributed by atoms with E-state index in [4.69, 9.17) is 4.74 Å². The molecule has 2 fully saturated rings. The number of nitrogens with zero attached hydrogens (tertiary/aromatic N) is 3. The fourth-order valence-electron chi connectivity index (χ4n) is 5.08. The number of esters is 1. The maximum atomic E-state index is 13.6. The van der Waals surface area contributed by atoms with Crippen LogP contribution in [0.5, 0.6) is 0 Å². The Labute approximate surface area is 196 Å². The summed E-state index contributed by atoms with van der Waals surface area (Å²) in [4.78, 5) is 13.5. The topological polar surface area (TPSA) is 81.5 Å². The molecule has 0 spiro atoms. The minimum atomic E-state index is -4.82. The zero-order valence-electron chi connectivity index (χ0n) is 19.1. The molecule has 7 nitrogen and oxygen atoms in total. The molecule has 1 aromatic carbocycles. The third-order valence-electron chi connectivity index (χ3n) is 6.73. The van der Waals surface area contributed by atoms with Gasteiger partial charge in [0.2, 0.25) is 0 Å². The van der Waals surface area contributed by atoms with E-state index in [0.29, 0.717) is 5.82 Å². The molecule has 34 heavy (non-hydrogen) atoms. The average molecular weight is 500 g/mol. The number of methoxy groups -OCH3 is 1. The van der Waals surface area contributed by atoms with Crippen LogP contribution in [-0.2, 0) is 25.5 Å². The first-order valence-corrected chi connectivity index (χ1v) is 12.9. The predicted molar refractivity (Wildman–Crippen MR) is 119 cm³/mol. The number of carbonyl (C=O) groups is 1. The molecule has 4 rings (SSSR count). The quantitative estimate of drug-likeness (QED) is 0.571. The van der Waals surface area contributed by atoms with Gasteiger partial charge in [-0.3, -0.25) is 0 Å². The maximum Gasteiger partial charge on any atom is 0.417 e. The first-order valence-electron chi connectivity index (χ1n) is 11.3. The second kappa shape index (κ2) is 9.24. The van der Waals surface area contributed by atoms with Gasteiger partial charge in [-0.15, -0.1) is 0 Å². The molecule has 1 aliphatic heterocycles. The number of sulfone groups is 1. The van der Waals surface area contributed by atoms with Gasteiger partial charge in [-0.25, -0.2) is 17.9 Å². The highest BCUT2D eigenvalue weighted by molar-refractivity contribution is 7.92. The van der Waals surface area contributed by atoms with E-state index < -0.39 is 43.7 Å². The average Bonchev–Trinajstić information content (AvgIpc) is 3.43. The van der Waals surface area contributed by atoms with E-state index in [9.17, 15) is 26.4 Å². The molecule has 0 N–H and O–H groups in total. The van der Waals surface area contributed by atoms with Crippen LogP contribution >= 0.6 is 0 Å². The number of benzene rings is 1. The molecular weight excluding hydrogens is 471 g/mol. The molecule has 1 aliphatic carbocycles. The molecule has 0 bridgehead atoms. The molecule has 0 amide bonds. The Balaban J connectivity index is 1.73. The fourth-order valence-corrected chi connectivity index (χ4v) is 6.99. The number of carbonyl (C=O) groups excluding carboxylic acids is 1. The minimum absolute atomic E-state index is 0.123. The van der Waals surface area contributed by atoms with Crippen molar-refractivity contribution in [1.82, 2.24) is 9.78 Å². The summed E-state index contributed by atoms with van der Waals surface area (Å²) < 4.78 is 74.3. The number of anilines is 1. The van der Waals surface area contributed by atoms with E-state index in [2.05, 4.69) is 5.10 Å². The molecule has 1 saturated heterocycles. The lowest BCUT2D eigenvalue weighted by atomic mass is 9.96. The first-order chi connectivity index (χ1) is 16.0. The number of ether oxygens (including phenoxy) is 1. The smallest absolute Gasteiger partial charge is 0.417 e. The van der Waals surface area contributed by atoms with Crippen molar-refractivity contribution in [2.45, 2.75) is 73.9 Å². The van der Waals surface area contributed by atoms with Crippen LogP contribution in [0.3, 0.4) is 0 Å². The monoisotopic (exact) mass is 499 g/mol. The number of aromatic nitrogens is 2. The summed E-state index contributed by atoms with van der Waals surface area (Å²) in [5.41, 5.74) is -0.482. The summed E-state index contributed by atoms with van der Waals surface area (Å²) >= 11 is 0. The molecule has 2 aromatic rings. The van der Waals surface area contributed by atoms with Gasteiger partial charge in [0.1, 0.15) is 11.9 Å². The number of aryl methyl sites for hydroxylation is 1. The molecule has 11 heteroatoms. The van der Waals surface area contributed by atoms with Crippen LogP contribution in [0.2, 0.25) is 0 Å². The normalized spacial score (nSPS) is 22.2. The van der Waals surface area contributed by atoms with Crippen LogP contribution in [0, 0.1) is 6.92 Å². The van der Waals surface area contributed by atoms with Crippen LogP contribution in [0.15, 0.2) is 35.2 Å². The number of halogens is 3. The van der Waals surface area contributed by atoms with Gasteiger partial charge in [-0.1, -0.05) is 31.4 Å². The van der Waals surface area contributed by atoms with Crippen molar-refractivity contribution in [3.63, 3.8) is 0 Å². The third kappa shape index (κ3) is 4.54. The number of alkyl halides is 3. The lowest BCUT2D eigenvalue weighted by Crippen LogP contribution is -2.39. The summed E-state index contributed by atoms with van der Waals surface area (Å²) in [6, 6.07) is 5.14. The summed E-state index contributed by atoms with van der Waals surface area (Å²) in [6.45, 7) is 1.69. The minimum Gasteiger partial charge on any atom is -0.467 e. The molecule has 2 heterocycles. The molecule has 1 aromatic heterocycles. The predicted octanol–water partition coefficient (Wildman–Crippen LogP) is 4.31. The van der Waals surface area contributed by atoms with Crippen LogP contribution in [0.25, 0.3) is 0 Å². The molecule has 0 unspecified atom stereocenters. The maximum absolute atomic E-state index is 13.6. The van der Waals surface area contributed by atoms with Gasteiger partial charge >= 0.3 is 12.1 Å². The Hall–Kier alpha value is -2.56. The molecule has 186 valence electrons. The van der Waals surface area contributed by atoms with Gasteiger partial charge in [0.15, 0.2) is 9.84 Å². The highest BCUT2D eigenvalue weighted by Gasteiger charge is 2.47. The molecule has 1 saturated carbocycles. The molecular formula is C23H28F3N3O4S. The standard InChI is InChI=1S/C23H28F3N3O4S/c1-15-12-21(29(27-15)16-8-4-3-5-9-16)28-14-17(13-19(28)22(30)33-2)34(31,32)20-11-7-6-10-18(20)23(24,25)26/h6-7,10-12,16-17,19H,3-5,8-9,13-14H2,1-2H3/t17-,19-/m1/s1. The van der Waals surface area contributed by atoms with Crippen molar-refractivity contribution in [3.05, 3.63) is 41.6 Å². The lowest BCUT2D eigenvalue weighted by molar-refractivity contribution is -0.142. The SMILES string of the molecule is COC(=O)[C@H]1C[C@@H](S(=O)(=O)c2ccccc2C(F)(F)F)CN1c1cc(C)nn1C1CCCCC1. The van der Waals surface area contributed by atoms with Crippen molar-refractivity contribution >= 4 is 21.6 Å². The Morgan fingerprint density at radius 3 is 2.47 bits per heavy atom. The number of hydrogen-bond acceptors (Lipinski definition) is 6. The van der Waals surface area contributed by atoms with E-state index >= 15 is 0 Å². The summed E-state index contributed by atoms with van der Waals surface area (Å²) in [6.07, 6.45) is 0.0937. The molecule has 2 aliphatic rings. The van der Waals surface area contributed by atoms with Gasteiger partial charge in [0.25, 0.3) is 0 Å². The zero-order valence-corrected chi connectivity index (χ0v) is 19.9. The van der Waals surface area contributed by atoms with E-state index in [-0.39, 0.29) is 19.0 Å². The second-order valence-electron chi connectivity index (χ2n) is 8.97. The van der Waals surface area contributed by atoms with E-state index in [0.717, 1.165) is 56.0 Å². The van der Waals surface area contributed by atoms with Crippen molar-refractivity contribution in [2.75, 3.05) is 18.6 Å².